The normalized spacial score (nSPS) is 11.6. The second kappa shape index (κ2) is 8.75. The van der Waals surface area contributed by atoms with Gasteiger partial charge in [0.05, 0.1) is 16.4 Å². The Kier molecular flexibility index (Phi) is 7.31. The number of amides is 1. The van der Waals surface area contributed by atoms with E-state index in [4.69, 9.17) is 9.84 Å². The number of nitrogens with zero attached hydrogens (tertiary/aromatic N) is 1. The van der Waals surface area contributed by atoms with E-state index in [1.807, 2.05) is 17.9 Å². The molecule has 1 unspecified atom stereocenters. The second-order valence-electron chi connectivity index (χ2n) is 4.37. The van der Waals surface area contributed by atoms with Gasteiger partial charge in [-0.3, -0.25) is 4.79 Å². The smallest absolute Gasteiger partial charge is 0.264 e. The molecular weight excluding hydrogens is 274 g/mol. The topological polar surface area (TPSA) is 49.8 Å². The Morgan fingerprint density at radius 2 is 2.30 bits per heavy atom. The molecule has 1 aromatic heterocycles. The number of aliphatic hydroxyl groups is 1. The SMILES string of the molecule is CCC(C)N(CCOC)C(=O)c1ccc(C#CCO)s1. The molecule has 4 nitrogen and oxygen atoms in total. The summed E-state index contributed by atoms with van der Waals surface area (Å²) in [5.74, 6) is 5.42. The van der Waals surface area contributed by atoms with Gasteiger partial charge >= 0.3 is 0 Å². The van der Waals surface area contributed by atoms with Crippen LogP contribution in [0.5, 0.6) is 0 Å². The number of hydrogen-bond acceptors (Lipinski definition) is 4. The van der Waals surface area contributed by atoms with Crippen molar-refractivity contribution in [2.45, 2.75) is 26.3 Å². The molecule has 20 heavy (non-hydrogen) atoms. The van der Waals surface area contributed by atoms with Crippen molar-refractivity contribution in [1.82, 2.24) is 4.90 Å². The molecule has 0 bridgehead atoms. The fourth-order valence-electron chi connectivity index (χ4n) is 1.72. The maximum atomic E-state index is 12.5. The Morgan fingerprint density at radius 1 is 1.55 bits per heavy atom. The van der Waals surface area contributed by atoms with E-state index >= 15 is 0 Å². The van der Waals surface area contributed by atoms with E-state index in [1.54, 1.807) is 13.2 Å². The van der Waals surface area contributed by atoms with Crippen LogP contribution in [0.1, 0.15) is 34.8 Å². The molecule has 0 radical (unpaired) electrons. The fraction of sp³-hybridized carbons (Fsp3) is 0.533. The van der Waals surface area contributed by atoms with Gasteiger partial charge in [0, 0.05) is 19.7 Å². The zero-order valence-electron chi connectivity index (χ0n) is 12.2. The average molecular weight is 295 g/mol. The highest BCUT2D eigenvalue weighted by Gasteiger charge is 2.21. The quantitative estimate of drug-likeness (QED) is 0.816. The Balaban J connectivity index is 2.85. The van der Waals surface area contributed by atoms with Crippen molar-refractivity contribution in [2.75, 3.05) is 26.9 Å². The molecule has 0 fully saturated rings. The summed E-state index contributed by atoms with van der Waals surface area (Å²) in [5.41, 5.74) is 0. The number of thiophene rings is 1. The first-order valence-corrected chi connectivity index (χ1v) is 7.45. The van der Waals surface area contributed by atoms with Crippen LogP contribution >= 0.6 is 11.3 Å². The highest BCUT2D eigenvalue weighted by atomic mass is 32.1. The van der Waals surface area contributed by atoms with Crippen LogP contribution in [0.3, 0.4) is 0 Å². The van der Waals surface area contributed by atoms with E-state index in [0.29, 0.717) is 18.0 Å². The molecular formula is C15H21NO3S. The molecule has 1 N–H and O–H groups in total. The summed E-state index contributed by atoms with van der Waals surface area (Å²) in [7, 11) is 1.63. The van der Waals surface area contributed by atoms with Crippen LogP contribution in [-0.4, -0.2) is 48.8 Å². The van der Waals surface area contributed by atoms with Gasteiger partial charge in [-0.1, -0.05) is 18.8 Å². The minimum Gasteiger partial charge on any atom is -0.384 e. The number of methoxy groups -OCH3 is 1. The molecule has 1 aromatic rings. The van der Waals surface area contributed by atoms with E-state index in [0.717, 1.165) is 11.3 Å². The third-order valence-electron chi connectivity index (χ3n) is 3.03. The third kappa shape index (κ3) is 4.64. The summed E-state index contributed by atoms with van der Waals surface area (Å²) in [6.45, 7) is 5.03. The van der Waals surface area contributed by atoms with Crippen molar-refractivity contribution in [2.24, 2.45) is 0 Å². The van der Waals surface area contributed by atoms with Gasteiger partial charge in [0.25, 0.3) is 5.91 Å². The molecule has 0 aliphatic heterocycles. The van der Waals surface area contributed by atoms with Gasteiger partial charge in [-0.15, -0.1) is 11.3 Å². The van der Waals surface area contributed by atoms with Crippen molar-refractivity contribution in [1.29, 1.82) is 0 Å². The van der Waals surface area contributed by atoms with Crippen LogP contribution in [0, 0.1) is 11.8 Å². The van der Waals surface area contributed by atoms with Gasteiger partial charge in [0.1, 0.15) is 6.61 Å². The van der Waals surface area contributed by atoms with Gasteiger partial charge in [0.15, 0.2) is 0 Å². The summed E-state index contributed by atoms with van der Waals surface area (Å²) in [5, 5.41) is 8.68. The van der Waals surface area contributed by atoms with E-state index in [2.05, 4.69) is 18.8 Å². The maximum Gasteiger partial charge on any atom is 0.264 e. The first-order valence-electron chi connectivity index (χ1n) is 6.63. The highest BCUT2D eigenvalue weighted by molar-refractivity contribution is 7.14. The van der Waals surface area contributed by atoms with Crippen LogP contribution in [0.2, 0.25) is 0 Å². The number of rotatable bonds is 6. The summed E-state index contributed by atoms with van der Waals surface area (Å²) in [6.07, 6.45) is 0.901. The number of hydrogen-bond donors (Lipinski definition) is 1. The minimum absolute atomic E-state index is 0.0125. The second-order valence-corrected chi connectivity index (χ2v) is 5.46. The van der Waals surface area contributed by atoms with Crippen molar-refractivity contribution >= 4 is 17.2 Å². The predicted molar refractivity (Wildman–Crippen MR) is 80.9 cm³/mol. The molecule has 1 atom stereocenters. The largest absolute Gasteiger partial charge is 0.384 e. The van der Waals surface area contributed by atoms with Crippen molar-refractivity contribution < 1.29 is 14.6 Å². The average Bonchev–Trinajstić information content (AvgIpc) is 2.93. The Morgan fingerprint density at radius 3 is 2.90 bits per heavy atom. The van der Waals surface area contributed by atoms with Gasteiger partial charge in [-0.05, 0) is 25.5 Å². The standard InChI is InChI=1S/C15H21NO3S/c1-4-12(2)16(9-11-19-3)15(18)14-8-7-13(20-14)6-5-10-17/h7-8,12,17H,4,9-11H2,1-3H3. The van der Waals surface area contributed by atoms with E-state index < -0.39 is 0 Å². The van der Waals surface area contributed by atoms with Crippen molar-refractivity contribution in [3.63, 3.8) is 0 Å². The summed E-state index contributed by atoms with van der Waals surface area (Å²) >= 11 is 1.35. The van der Waals surface area contributed by atoms with Gasteiger partial charge in [-0.2, -0.15) is 0 Å². The Bertz CT molecular complexity index is 487. The number of ether oxygens (including phenoxy) is 1. The molecule has 0 aliphatic carbocycles. The lowest BCUT2D eigenvalue weighted by molar-refractivity contribution is 0.0619. The molecule has 0 aliphatic rings. The monoisotopic (exact) mass is 295 g/mol. The lowest BCUT2D eigenvalue weighted by atomic mass is 10.2. The summed E-state index contributed by atoms with van der Waals surface area (Å²) < 4.78 is 5.07. The molecule has 1 heterocycles. The molecule has 0 saturated heterocycles. The van der Waals surface area contributed by atoms with Crippen LogP contribution < -0.4 is 0 Å². The highest BCUT2D eigenvalue weighted by Crippen LogP contribution is 2.19. The number of aliphatic hydroxyl groups excluding tert-OH is 1. The van der Waals surface area contributed by atoms with Gasteiger partial charge in [-0.25, -0.2) is 0 Å². The van der Waals surface area contributed by atoms with E-state index in [1.165, 1.54) is 11.3 Å². The van der Waals surface area contributed by atoms with Crippen LogP contribution in [-0.2, 0) is 4.74 Å². The van der Waals surface area contributed by atoms with E-state index in [9.17, 15) is 4.79 Å². The zero-order chi connectivity index (χ0) is 15.0. The lowest BCUT2D eigenvalue weighted by Crippen LogP contribution is -2.40. The van der Waals surface area contributed by atoms with Crippen LogP contribution in [0.4, 0.5) is 0 Å². The van der Waals surface area contributed by atoms with E-state index in [-0.39, 0.29) is 18.6 Å². The molecule has 5 heteroatoms. The zero-order valence-corrected chi connectivity index (χ0v) is 13.0. The molecule has 1 rings (SSSR count). The van der Waals surface area contributed by atoms with Crippen molar-refractivity contribution in [3.8, 4) is 11.8 Å². The predicted octanol–water partition coefficient (Wildman–Crippen LogP) is 1.98. The van der Waals surface area contributed by atoms with Gasteiger partial charge in [0.2, 0.25) is 0 Å². The third-order valence-corrected chi connectivity index (χ3v) is 4.02. The fourth-order valence-corrected chi connectivity index (χ4v) is 2.56. The van der Waals surface area contributed by atoms with Crippen LogP contribution in [0.25, 0.3) is 0 Å². The number of carbonyl (C=O) groups is 1. The lowest BCUT2D eigenvalue weighted by Gasteiger charge is -2.27. The summed E-state index contributed by atoms with van der Waals surface area (Å²) in [6, 6.07) is 3.77. The van der Waals surface area contributed by atoms with Crippen molar-refractivity contribution in [3.05, 3.63) is 21.9 Å². The Hall–Kier alpha value is -1.35. The molecule has 0 spiro atoms. The number of carbonyl (C=O) groups excluding carboxylic acids is 1. The molecule has 1 amide bonds. The Labute approximate surface area is 124 Å². The van der Waals surface area contributed by atoms with Crippen LogP contribution in [0.15, 0.2) is 12.1 Å². The summed E-state index contributed by atoms with van der Waals surface area (Å²) in [4.78, 5) is 15.8. The first-order chi connectivity index (χ1) is 9.63. The molecule has 0 saturated carbocycles. The first kappa shape index (κ1) is 16.7. The molecule has 110 valence electrons. The maximum absolute atomic E-state index is 12.5. The minimum atomic E-state index is -0.173. The van der Waals surface area contributed by atoms with Gasteiger partial charge < -0.3 is 14.7 Å². The molecule has 0 aromatic carbocycles.